The summed E-state index contributed by atoms with van der Waals surface area (Å²) in [7, 11) is 0. The highest BCUT2D eigenvalue weighted by molar-refractivity contribution is 8.02. The van der Waals surface area contributed by atoms with Crippen LogP contribution in [0, 0.1) is 11.8 Å². The van der Waals surface area contributed by atoms with E-state index in [1.165, 1.54) is 11.8 Å². The van der Waals surface area contributed by atoms with Gasteiger partial charge in [-0.25, -0.2) is 4.68 Å². The molecule has 1 spiro atoms. The summed E-state index contributed by atoms with van der Waals surface area (Å²) in [5.74, 6) is -3.07. The third-order valence-electron chi connectivity index (χ3n) is 7.97. The van der Waals surface area contributed by atoms with Gasteiger partial charge in [-0.3, -0.25) is 14.4 Å². The number of amides is 2. The summed E-state index contributed by atoms with van der Waals surface area (Å²) >= 11 is 1.52. The van der Waals surface area contributed by atoms with Gasteiger partial charge in [0.05, 0.1) is 22.1 Å². The Balaban J connectivity index is 1.53. The number of unbranched alkanes of at least 4 members (excludes halogenated alkanes) is 1. The molecular formula is C25H31N5O5S. The van der Waals surface area contributed by atoms with Crippen molar-refractivity contribution in [1.82, 2.24) is 24.8 Å². The lowest BCUT2D eigenvalue weighted by Crippen LogP contribution is -2.55. The minimum Gasteiger partial charge on any atom is -0.481 e. The molecule has 0 aliphatic carbocycles. The first-order valence-electron chi connectivity index (χ1n) is 12.3. The van der Waals surface area contributed by atoms with Gasteiger partial charge in [-0.1, -0.05) is 23.4 Å². The van der Waals surface area contributed by atoms with Gasteiger partial charge < -0.3 is 20.0 Å². The zero-order valence-corrected chi connectivity index (χ0v) is 21.1. The molecule has 1 aromatic carbocycles. The smallest absolute Gasteiger partial charge is 0.308 e. The molecule has 2 N–H and O–H groups in total. The molecule has 5 rings (SSSR count). The van der Waals surface area contributed by atoms with Crippen molar-refractivity contribution in [3.63, 3.8) is 0 Å². The Hall–Kier alpha value is -2.92. The maximum absolute atomic E-state index is 14.3. The molecule has 2 unspecified atom stereocenters. The van der Waals surface area contributed by atoms with Crippen molar-refractivity contribution < 1.29 is 24.6 Å². The van der Waals surface area contributed by atoms with Gasteiger partial charge in [-0.05, 0) is 44.7 Å². The van der Waals surface area contributed by atoms with Crippen molar-refractivity contribution in [2.75, 3.05) is 19.7 Å². The standard InChI is InChI=1S/C25H31N5O5S/c1-3-12-28(15-30-17-9-5-4-8-16(17)26-27-30)22(33)20-25-11-10-24(2,36-25)19(23(34)35)18(25)21(32)29(20)13-6-7-14-31/h3-5,8-9,18-20,31H,1,6-7,10-15H2,2H3,(H,34,35)/t18-,19-,20?,24+,25?/m0/s1. The Morgan fingerprint density at radius 2 is 2.08 bits per heavy atom. The van der Waals surface area contributed by atoms with Crippen molar-refractivity contribution in [3.05, 3.63) is 36.9 Å². The van der Waals surface area contributed by atoms with Gasteiger partial charge in [-0.2, -0.15) is 0 Å². The van der Waals surface area contributed by atoms with Crippen molar-refractivity contribution in [2.45, 2.75) is 54.8 Å². The first-order valence-corrected chi connectivity index (χ1v) is 13.1. The number of benzene rings is 1. The molecule has 2 bridgehead atoms. The van der Waals surface area contributed by atoms with E-state index in [1.54, 1.807) is 20.6 Å². The molecule has 3 saturated heterocycles. The van der Waals surface area contributed by atoms with E-state index < -0.39 is 33.3 Å². The van der Waals surface area contributed by atoms with Crippen LogP contribution >= 0.6 is 11.8 Å². The molecule has 1 aromatic heterocycles. The Morgan fingerprint density at radius 1 is 1.31 bits per heavy atom. The molecule has 0 radical (unpaired) electrons. The van der Waals surface area contributed by atoms with Crippen LogP contribution in [0.4, 0.5) is 0 Å². The summed E-state index contributed by atoms with van der Waals surface area (Å²) in [6.45, 7) is 6.40. The molecule has 192 valence electrons. The second-order valence-electron chi connectivity index (χ2n) is 10.1. The number of aliphatic hydroxyl groups is 1. The van der Waals surface area contributed by atoms with Crippen molar-refractivity contribution in [1.29, 1.82) is 0 Å². The third-order valence-corrected chi connectivity index (χ3v) is 9.96. The number of likely N-dealkylation sites (tertiary alicyclic amines) is 1. The summed E-state index contributed by atoms with van der Waals surface area (Å²) in [6, 6.07) is 6.69. The number of carbonyl (C=O) groups is 3. The van der Waals surface area contributed by atoms with E-state index in [1.807, 2.05) is 31.2 Å². The second kappa shape index (κ2) is 9.19. The van der Waals surface area contributed by atoms with Crippen LogP contribution in [0.1, 0.15) is 32.6 Å². The van der Waals surface area contributed by atoms with Gasteiger partial charge in [0, 0.05) is 24.4 Å². The number of carboxylic acids is 1. The number of hydrogen-bond acceptors (Lipinski definition) is 7. The number of aromatic nitrogens is 3. The molecule has 3 aliphatic heterocycles. The van der Waals surface area contributed by atoms with Crippen molar-refractivity contribution in [2.24, 2.45) is 11.8 Å². The van der Waals surface area contributed by atoms with Gasteiger partial charge in [0.1, 0.15) is 18.2 Å². The van der Waals surface area contributed by atoms with Crippen LogP contribution in [0.25, 0.3) is 11.0 Å². The second-order valence-corrected chi connectivity index (χ2v) is 12.0. The highest BCUT2D eigenvalue weighted by atomic mass is 32.2. The van der Waals surface area contributed by atoms with E-state index >= 15 is 0 Å². The number of aliphatic hydroxyl groups excluding tert-OH is 1. The van der Waals surface area contributed by atoms with E-state index in [0.29, 0.717) is 37.7 Å². The van der Waals surface area contributed by atoms with Gasteiger partial charge in [0.25, 0.3) is 0 Å². The average molecular weight is 514 g/mol. The summed E-state index contributed by atoms with van der Waals surface area (Å²) in [6.07, 6.45) is 3.91. The molecule has 2 aromatic rings. The number of rotatable bonds is 10. The molecule has 3 aliphatic rings. The normalized spacial score (nSPS) is 30.7. The first kappa shape index (κ1) is 24.8. The fourth-order valence-corrected chi connectivity index (χ4v) is 8.79. The van der Waals surface area contributed by atoms with Crippen molar-refractivity contribution >= 4 is 40.6 Å². The zero-order valence-electron chi connectivity index (χ0n) is 20.2. The third kappa shape index (κ3) is 3.62. The predicted molar refractivity (Wildman–Crippen MR) is 134 cm³/mol. The van der Waals surface area contributed by atoms with E-state index in [2.05, 4.69) is 16.9 Å². The average Bonchev–Trinajstić information content (AvgIpc) is 3.55. The quantitative estimate of drug-likeness (QED) is 0.363. The topological polar surface area (TPSA) is 129 Å². The minimum absolute atomic E-state index is 0.0122. The zero-order chi connectivity index (χ0) is 25.7. The highest BCUT2D eigenvalue weighted by Crippen LogP contribution is 2.71. The fourth-order valence-electron chi connectivity index (χ4n) is 6.45. The lowest BCUT2D eigenvalue weighted by molar-refractivity contribution is -0.150. The van der Waals surface area contributed by atoms with Gasteiger partial charge in [0.15, 0.2) is 0 Å². The monoisotopic (exact) mass is 513 g/mol. The number of aliphatic carboxylic acids is 1. The molecule has 3 fully saturated rings. The molecule has 0 saturated carbocycles. The molecule has 11 heteroatoms. The van der Waals surface area contributed by atoms with E-state index in [4.69, 9.17) is 0 Å². The lowest BCUT2D eigenvalue weighted by atomic mass is 9.66. The lowest BCUT2D eigenvalue weighted by Gasteiger charge is -2.37. The number of thioether (sulfide) groups is 1. The summed E-state index contributed by atoms with van der Waals surface area (Å²) < 4.78 is 0.266. The molecule has 4 heterocycles. The van der Waals surface area contributed by atoms with Crippen LogP contribution in [-0.4, -0.2) is 88.0 Å². The molecule has 36 heavy (non-hydrogen) atoms. The van der Waals surface area contributed by atoms with Crippen molar-refractivity contribution in [3.8, 4) is 0 Å². The van der Waals surface area contributed by atoms with E-state index in [9.17, 15) is 24.6 Å². The SMILES string of the molecule is C=CCN(Cn1nnc2ccccc21)C(=O)C1N(CCCCO)C(=O)[C@@H]2[C@@H](C(=O)O)[C@@]3(C)CCC12S3. The Morgan fingerprint density at radius 3 is 2.81 bits per heavy atom. The Kier molecular flexibility index (Phi) is 6.32. The van der Waals surface area contributed by atoms with Crippen LogP contribution in [-0.2, 0) is 21.1 Å². The molecule has 5 atom stereocenters. The molecule has 10 nitrogen and oxygen atoms in total. The Bertz CT molecular complexity index is 1220. The summed E-state index contributed by atoms with van der Waals surface area (Å²) in [5, 5.41) is 27.8. The van der Waals surface area contributed by atoms with Crippen LogP contribution in [0.5, 0.6) is 0 Å². The number of carboxylic acid groups (broad SMARTS) is 1. The number of nitrogens with zero attached hydrogens (tertiary/aromatic N) is 5. The van der Waals surface area contributed by atoms with Gasteiger partial charge in [-0.15, -0.1) is 23.4 Å². The van der Waals surface area contributed by atoms with Gasteiger partial charge >= 0.3 is 5.97 Å². The van der Waals surface area contributed by atoms with E-state index in [-0.39, 0.29) is 31.6 Å². The summed E-state index contributed by atoms with van der Waals surface area (Å²) in [5.41, 5.74) is 1.50. The molecular weight excluding hydrogens is 482 g/mol. The summed E-state index contributed by atoms with van der Waals surface area (Å²) in [4.78, 5) is 43.6. The first-order chi connectivity index (χ1) is 17.3. The largest absolute Gasteiger partial charge is 0.481 e. The minimum atomic E-state index is -0.981. The van der Waals surface area contributed by atoms with Crippen LogP contribution in [0.2, 0.25) is 0 Å². The van der Waals surface area contributed by atoms with E-state index in [0.717, 1.165) is 5.52 Å². The molecule has 2 amide bonds. The number of carbonyl (C=O) groups excluding carboxylic acids is 2. The van der Waals surface area contributed by atoms with Crippen LogP contribution in [0.3, 0.4) is 0 Å². The maximum Gasteiger partial charge on any atom is 0.308 e. The van der Waals surface area contributed by atoms with Gasteiger partial charge in [0.2, 0.25) is 11.8 Å². The fraction of sp³-hybridized carbons (Fsp3) is 0.560. The number of hydrogen-bond donors (Lipinski definition) is 2. The predicted octanol–water partition coefficient (Wildman–Crippen LogP) is 1.74. The highest BCUT2D eigenvalue weighted by Gasteiger charge is 2.77. The Labute approximate surface area is 213 Å². The number of para-hydroxylation sites is 1. The maximum atomic E-state index is 14.3. The van der Waals surface area contributed by atoms with Crippen LogP contribution < -0.4 is 0 Å². The van der Waals surface area contributed by atoms with Crippen LogP contribution in [0.15, 0.2) is 36.9 Å². The number of fused-ring (bicyclic) bond motifs is 2.